The zero-order valence-electron chi connectivity index (χ0n) is 18.6. The van der Waals surface area contributed by atoms with Crippen molar-refractivity contribution in [3.63, 3.8) is 0 Å². The van der Waals surface area contributed by atoms with Gasteiger partial charge in [-0.25, -0.2) is 4.98 Å². The first-order valence-corrected chi connectivity index (χ1v) is 11.6. The van der Waals surface area contributed by atoms with Crippen molar-refractivity contribution in [1.29, 1.82) is 0 Å². The number of hydrogen-bond acceptors (Lipinski definition) is 6. The Bertz CT molecular complexity index is 1300. The van der Waals surface area contributed by atoms with Gasteiger partial charge in [-0.1, -0.05) is 6.07 Å². The van der Waals surface area contributed by atoms with E-state index in [1.165, 1.54) is 5.69 Å². The first-order chi connectivity index (χ1) is 16.5. The van der Waals surface area contributed by atoms with Gasteiger partial charge in [0.05, 0.1) is 0 Å². The summed E-state index contributed by atoms with van der Waals surface area (Å²) in [6.45, 7) is 2.95. The quantitative estimate of drug-likeness (QED) is 0.584. The fourth-order valence-electron chi connectivity index (χ4n) is 5.22. The van der Waals surface area contributed by atoms with Crippen molar-refractivity contribution in [2.45, 2.75) is 44.5 Å². The summed E-state index contributed by atoms with van der Waals surface area (Å²) in [5.74, 6) is -0.114. The molecule has 3 aliphatic heterocycles. The molecule has 6 rings (SSSR count). The molecule has 3 amide bonds. The number of imide groups is 1. The number of carbonyl (C=O) groups is 3. The van der Waals surface area contributed by atoms with E-state index in [9.17, 15) is 14.4 Å². The number of fused-ring (bicyclic) bond motifs is 2. The zero-order chi connectivity index (χ0) is 23.2. The Labute approximate surface area is 196 Å². The van der Waals surface area contributed by atoms with Gasteiger partial charge in [-0.15, -0.1) is 0 Å². The molecule has 0 spiro atoms. The summed E-state index contributed by atoms with van der Waals surface area (Å²) in [5, 5.41) is 2.34. The van der Waals surface area contributed by atoms with E-state index in [0.29, 0.717) is 18.5 Å². The molecule has 1 aromatic carbocycles. The molecule has 0 radical (unpaired) electrons. The lowest BCUT2D eigenvalue weighted by molar-refractivity contribution is -0.136. The molecule has 9 nitrogen and oxygen atoms in total. The standard InChI is InChI=1S/C25H25N5O4/c31-23-7-6-21(24(32)27-23)30-13-16-12-18(4-5-20(16)25(30)33)34-19-8-10-28(15-19)14-17-2-1-3-22-26-9-11-29(17)22/h1-5,9,11-12,19,21H,6-8,10,13-15H2,(H,27,31,32)/t19-,21?/m0/s1. The molecule has 34 heavy (non-hydrogen) atoms. The zero-order valence-corrected chi connectivity index (χ0v) is 18.6. The summed E-state index contributed by atoms with van der Waals surface area (Å²) in [4.78, 5) is 44.9. The molecule has 1 unspecified atom stereocenters. The van der Waals surface area contributed by atoms with Gasteiger partial charge in [0.1, 0.15) is 23.5 Å². The molecule has 9 heteroatoms. The summed E-state index contributed by atoms with van der Waals surface area (Å²) in [5.41, 5.74) is 3.59. The molecule has 2 saturated heterocycles. The van der Waals surface area contributed by atoms with Gasteiger partial charge in [0.2, 0.25) is 11.8 Å². The highest BCUT2D eigenvalue weighted by molar-refractivity contribution is 6.05. The summed E-state index contributed by atoms with van der Waals surface area (Å²) in [6.07, 6.45) is 5.41. The lowest BCUT2D eigenvalue weighted by atomic mass is 10.0. The number of likely N-dealkylation sites (tertiary alicyclic amines) is 1. The van der Waals surface area contributed by atoms with Crippen LogP contribution >= 0.6 is 0 Å². The van der Waals surface area contributed by atoms with Crippen LogP contribution in [0.1, 0.15) is 40.9 Å². The van der Waals surface area contributed by atoms with Crippen molar-refractivity contribution in [3.8, 4) is 5.75 Å². The van der Waals surface area contributed by atoms with E-state index < -0.39 is 11.9 Å². The van der Waals surface area contributed by atoms with Gasteiger partial charge in [0.15, 0.2) is 0 Å². The summed E-state index contributed by atoms with van der Waals surface area (Å²) < 4.78 is 8.39. The van der Waals surface area contributed by atoms with Gasteiger partial charge < -0.3 is 14.0 Å². The molecule has 3 aliphatic rings. The van der Waals surface area contributed by atoms with E-state index >= 15 is 0 Å². The van der Waals surface area contributed by atoms with Gasteiger partial charge in [-0.2, -0.15) is 0 Å². The Morgan fingerprint density at radius 2 is 2.03 bits per heavy atom. The van der Waals surface area contributed by atoms with E-state index in [1.54, 1.807) is 11.0 Å². The number of pyridine rings is 1. The predicted molar refractivity (Wildman–Crippen MR) is 122 cm³/mol. The Kier molecular flexibility index (Phi) is 5.06. The van der Waals surface area contributed by atoms with Crippen LogP contribution in [0.2, 0.25) is 0 Å². The Morgan fingerprint density at radius 1 is 1.12 bits per heavy atom. The van der Waals surface area contributed by atoms with E-state index in [1.807, 2.05) is 36.7 Å². The topological polar surface area (TPSA) is 96.2 Å². The lowest BCUT2D eigenvalue weighted by Gasteiger charge is -2.29. The summed E-state index contributed by atoms with van der Waals surface area (Å²) in [6, 6.07) is 11.1. The number of imidazole rings is 1. The third-order valence-electron chi connectivity index (χ3n) is 6.93. The maximum Gasteiger partial charge on any atom is 0.255 e. The molecule has 1 N–H and O–H groups in total. The highest BCUT2D eigenvalue weighted by atomic mass is 16.5. The Balaban J connectivity index is 1.10. The molecule has 2 atom stereocenters. The molecule has 2 aromatic heterocycles. The Morgan fingerprint density at radius 3 is 2.91 bits per heavy atom. The number of carbonyl (C=O) groups excluding carboxylic acids is 3. The molecular formula is C25H25N5O4. The van der Waals surface area contributed by atoms with Crippen LogP contribution in [0.3, 0.4) is 0 Å². The molecule has 0 bridgehead atoms. The second-order valence-corrected chi connectivity index (χ2v) is 9.16. The van der Waals surface area contributed by atoms with Crippen LogP contribution in [0.5, 0.6) is 5.75 Å². The van der Waals surface area contributed by atoms with Crippen LogP contribution in [-0.4, -0.2) is 62.1 Å². The summed E-state index contributed by atoms with van der Waals surface area (Å²) >= 11 is 0. The number of benzene rings is 1. The first-order valence-electron chi connectivity index (χ1n) is 11.6. The molecule has 5 heterocycles. The van der Waals surface area contributed by atoms with Gasteiger partial charge in [-0.3, -0.25) is 24.6 Å². The van der Waals surface area contributed by atoms with Crippen molar-refractivity contribution in [2.24, 2.45) is 0 Å². The molecule has 0 saturated carbocycles. The third kappa shape index (κ3) is 3.71. The number of piperidine rings is 1. The van der Waals surface area contributed by atoms with Gasteiger partial charge in [-0.05, 0) is 48.7 Å². The predicted octanol–water partition coefficient (Wildman–Crippen LogP) is 1.75. The van der Waals surface area contributed by atoms with Gasteiger partial charge >= 0.3 is 0 Å². The average Bonchev–Trinajstić information content (AvgIpc) is 3.54. The van der Waals surface area contributed by atoms with Crippen molar-refractivity contribution in [3.05, 3.63) is 65.6 Å². The second-order valence-electron chi connectivity index (χ2n) is 9.16. The minimum Gasteiger partial charge on any atom is -0.489 e. The van der Waals surface area contributed by atoms with Crippen molar-refractivity contribution < 1.29 is 19.1 Å². The normalized spacial score (nSPS) is 22.9. The van der Waals surface area contributed by atoms with Crippen LogP contribution in [-0.2, 0) is 22.7 Å². The van der Waals surface area contributed by atoms with Crippen LogP contribution in [0, 0.1) is 0 Å². The smallest absolute Gasteiger partial charge is 0.255 e. The van der Waals surface area contributed by atoms with Crippen LogP contribution in [0.4, 0.5) is 0 Å². The monoisotopic (exact) mass is 459 g/mol. The largest absolute Gasteiger partial charge is 0.489 e. The highest BCUT2D eigenvalue weighted by Crippen LogP contribution is 2.31. The maximum absolute atomic E-state index is 12.9. The number of hydrogen-bond donors (Lipinski definition) is 1. The SMILES string of the molecule is O=C1CCC(N2Cc3cc(O[C@H]4CCN(Cc5cccc6nccn56)C4)ccc3C2=O)C(=O)N1. The van der Waals surface area contributed by atoms with Crippen LogP contribution in [0.15, 0.2) is 48.8 Å². The van der Waals surface area contributed by atoms with Gasteiger partial charge in [0, 0.05) is 56.3 Å². The van der Waals surface area contributed by atoms with E-state index in [-0.39, 0.29) is 24.3 Å². The maximum atomic E-state index is 12.9. The number of aromatic nitrogens is 2. The molecule has 174 valence electrons. The lowest BCUT2D eigenvalue weighted by Crippen LogP contribution is -2.52. The minimum absolute atomic E-state index is 0.0726. The minimum atomic E-state index is -0.606. The molecule has 0 aliphatic carbocycles. The fourth-order valence-corrected chi connectivity index (χ4v) is 5.22. The second kappa shape index (κ2) is 8.25. The summed E-state index contributed by atoms with van der Waals surface area (Å²) in [7, 11) is 0. The molecular weight excluding hydrogens is 434 g/mol. The molecule has 3 aromatic rings. The highest BCUT2D eigenvalue weighted by Gasteiger charge is 2.39. The average molecular weight is 460 g/mol. The number of ether oxygens (including phenoxy) is 1. The van der Waals surface area contributed by atoms with Gasteiger partial charge in [0.25, 0.3) is 5.91 Å². The number of nitrogens with one attached hydrogen (secondary N) is 1. The first kappa shape index (κ1) is 20.9. The fraction of sp³-hybridized carbons (Fsp3) is 0.360. The Hall–Kier alpha value is -3.72. The number of rotatable bonds is 5. The molecule has 2 fully saturated rings. The third-order valence-corrected chi connectivity index (χ3v) is 6.93. The van der Waals surface area contributed by atoms with Crippen molar-refractivity contribution >= 4 is 23.4 Å². The van der Waals surface area contributed by atoms with Crippen LogP contribution in [0.25, 0.3) is 5.65 Å². The number of nitrogens with zero attached hydrogens (tertiary/aromatic N) is 4. The van der Waals surface area contributed by atoms with Crippen molar-refractivity contribution in [1.82, 2.24) is 24.5 Å². The van der Waals surface area contributed by atoms with E-state index in [4.69, 9.17) is 4.74 Å². The van der Waals surface area contributed by atoms with Crippen LogP contribution < -0.4 is 10.1 Å². The number of amides is 3. The van der Waals surface area contributed by atoms with E-state index in [2.05, 4.69) is 25.7 Å². The van der Waals surface area contributed by atoms with Crippen molar-refractivity contribution in [2.75, 3.05) is 13.1 Å². The van der Waals surface area contributed by atoms with E-state index in [0.717, 1.165) is 43.0 Å².